The fourth-order valence-corrected chi connectivity index (χ4v) is 1.10. The molecule has 1 aromatic rings. The van der Waals surface area contributed by atoms with Gasteiger partial charge in [0.1, 0.15) is 5.82 Å². The van der Waals surface area contributed by atoms with E-state index in [2.05, 4.69) is 9.97 Å². The zero-order valence-corrected chi connectivity index (χ0v) is 6.23. The van der Waals surface area contributed by atoms with Crippen molar-refractivity contribution in [2.45, 2.75) is 6.42 Å². The van der Waals surface area contributed by atoms with Crippen molar-refractivity contribution in [3.05, 3.63) is 24.3 Å². The van der Waals surface area contributed by atoms with Gasteiger partial charge in [-0.2, -0.15) is 0 Å². The van der Waals surface area contributed by atoms with E-state index in [0.717, 1.165) is 25.5 Å². The quantitative estimate of drug-likeness (QED) is 0.621. The molecular formula is C8H10N2O. The fraction of sp³-hybridized carbons (Fsp3) is 0.500. The highest BCUT2D eigenvalue weighted by atomic mass is 16.5. The second-order valence-electron chi connectivity index (χ2n) is 2.77. The Balaban J connectivity index is 1.95. The highest BCUT2D eigenvalue weighted by Crippen LogP contribution is 2.13. The van der Waals surface area contributed by atoms with E-state index in [1.165, 1.54) is 0 Å². The molecule has 0 spiro atoms. The lowest BCUT2D eigenvalue weighted by Crippen LogP contribution is -2.29. The Morgan fingerprint density at radius 2 is 2.09 bits per heavy atom. The van der Waals surface area contributed by atoms with Crippen LogP contribution in [0.1, 0.15) is 5.82 Å². The maximum atomic E-state index is 5.05. The number of hydrogen-bond donors (Lipinski definition) is 0. The van der Waals surface area contributed by atoms with Crippen molar-refractivity contribution in [2.24, 2.45) is 5.92 Å². The summed E-state index contributed by atoms with van der Waals surface area (Å²) in [7, 11) is 0. The predicted octanol–water partition coefficient (Wildman–Crippen LogP) is 0.665. The number of aromatic nitrogens is 2. The monoisotopic (exact) mass is 150 g/mol. The molecule has 0 atom stereocenters. The molecule has 0 N–H and O–H groups in total. The highest BCUT2D eigenvalue weighted by Gasteiger charge is 2.19. The van der Waals surface area contributed by atoms with Crippen molar-refractivity contribution < 1.29 is 4.74 Å². The molecular weight excluding hydrogens is 140 g/mol. The van der Waals surface area contributed by atoms with Gasteiger partial charge in [0.05, 0.1) is 13.2 Å². The topological polar surface area (TPSA) is 35.0 Å². The smallest absolute Gasteiger partial charge is 0.128 e. The summed E-state index contributed by atoms with van der Waals surface area (Å²) < 4.78 is 5.05. The van der Waals surface area contributed by atoms with E-state index in [-0.39, 0.29) is 0 Å². The maximum Gasteiger partial charge on any atom is 0.128 e. The predicted molar refractivity (Wildman–Crippen MR) is 40.0 cm³/mol. The van der Waals surface area contributed by atoms with Crippen molar-refractivity contribution in [3.63, 3.8) is 0 Å². The number of hydrogen-bond acceptors (Lipinski definition) is 3. The van der Waals surface area contributed by atoms with E-state index < -0.39 is 0 Å². The van der Waals surface area contributed by atoms with Crippen LogP contribution in [-0.4, -0.2) is 23.2 Å². The Hall–Kier alpha value is -0.960. The zero-order valence-electron chi connectivity index (χ0n) is 6.23. The average molecular weight is 150 g/mol. The first-order valence-corrected chi connectivity index (χ1v) is 3.79. The van der Waals surface area contributed by atoms with Crippen LogP contribution in [0.4, 0.5) is 0 Å². The van der Waals surface area contributed by atoms with Crippen molar-refractivity contribution >= 4 is 0 Å². The Labute approximate surface area is 65.4 Å². The van der Waals surface area contributed by atoms with Gasteiger partial charge < -0.3 is 4.74 Å². The van der Waals surface area contributed by atoms with Gasteiger partial charge in [0, 0.05) is 24.7 Å². The third-order valence-corrected chi connectivity index (χ3v) is 1.80. The minimum atomic E-state index is 0.650. The molecule has 0 amide bonds. The van der Waals surface area contributed by atoms with Crippen LogP contribution >= 0.6 is 0 Å². The van der Waals surface area contributed by atoms with E-state index in [1.54, 1.807) is 12.4 Å². The summed E-state index contributed by atoms with van der Waals surface area (Å²) in [6.45, 7) is 1.75. The van der Waals surface area contributed by atoms with Crippen LogP contribution < -0.4 is 0 Å². The van der Waals surface area contributed by atoms with Crippen molar-refractivity contribution in [3.8, 4) is 0 Å². The largest absolute Gasteiger partial charge is 0.381 e. The SMILES string of the molecule is c1cnc(CC2COC2)nc1. The highest BCUT2D eigenvalue weighted by molar-refractivity contribution is 4.91. The Bertz CT molecular complexity index is 221. The van der Waals surface area contributed by atoms with Crippen molar-refractivity contribution in [2.75, 3.05) is 13.2 Å². The normalized spacial score (nSPS) is 17.8. The summed E-state index contributed by atoms with van der Waals surface area (Å²) >= 11 is 0. The molecule has 3 heteroatoms. The summed E-state index contributed by atoms with van der Waals surface area (Å²) in [5.74, 6) is 1.58. The molecule has 0 saturated carbocycles. The molecule has 0 aromatic carbocycles. The van der Waals surface area contributed by atoms with Gasteiger partial charge in [0.15, 0.2) is 0 Å². The lowest BCUT2D eigenvalue weighted by atomic mass is 10.0. The first-order valence-electron chi connectivity index (χ1n) is 3.79. The summed E-state index contributed by atoms with van der Waals surface area (Å²) in [5.41, 5.74) is 0. The molecule has 0 bridgehead atoms. The molecule has 0 aliphatic carbocycles. The van der Waals surface area contributed by atoms with E-state index in [1.807, 2.05) is 6.07 Å². The Morgan fingerprint density at radius 3 is 2.64 bits per heavy atom. The van der Waals surface area contributed by atoms with Gasteiger partial charge in [-0.15, -0.1) is 0 Å². The van der Waals surface area contributed by atoms with Gasteiger partial charge >= 0.3 is 0 Å². The molecule has 1 fully saturated rings. The molecule has 1 aromatic heterocycles. The molecule has 0 radical (unpaired) electrons. The first kappa shape index (κ1) is 6.73. The van der Waals surface area contributed by atoms with Crippen LogP contribution in [-0.2, 0) is 11.2 Å². The number of nitrogens with zero attached hydrogens (tertiary/aromatic N) is 2. The van der Waals surface area contributed by atoms with Crippen LogP contribution in [0.25, 0.3) is 0 Å². The van der Waals surface area contributed by atoms with Crippen molar-refractivity contribution in [1.82, 2.24) is 9.97 Å². The lowest BCUT2D eigenvalue weighted by Gasteiger charge is -2.24. The maximum absolute atomic E-state index is 5.05. The number of ether oxygens (including phenoxy) is 1. The number of rotatable bonds is 2. The molecule has 11 heavy (non-hydrogen) atoms. The lowest BCUT2D eigenvalue weighted by molar-refractivity contribution is -0.0321. The summed E-state index contributed by atoms with van der Waals surface area (Å²) in [6.07, 6.45) is 4.52. The average Bonchev–Trinajstić information content (AvgIpc) is 1.99. The molecule has 1 saturated heterocycles. The summed E-state index contributed by atoms with van der Waals surface area (Å²) in [5, 5.41) is 0. The zero-order chi connectivity index (χ0) is 7.52. The summed E-state index contributed by atoms with van der Waals surface area (Å²) in [6, 6.07) is 1.83. The van der Waals surface area contributed by atoms with E-state index in [4.69, 9.17) is 4.74 Å². The minimum Gasteiger partial charge on any atom is -0.381 e. The standard InChI is InChI=1S/C8H10N2O/c1-2-9-8(10-3-1)4-7-5-11-6-7/h1-3,7H,4-6H2. The van der Waals surface area contributed by atoms with Gasteiger partial charge in [-0.05, 0) is 6.07 Å². The molecule has 1 aliphatic rings. The fourth-order valence-electron chi connectivity index (χ4n) is 1.10. The van der Waals surface area contributed by atoms with Gasteiger partial charge in [-0.3, -0.25) is 0 Å². The van der Waals surface area contributed by atoms with Crippen LogP contribution in [0.5, 0.6) is 0 Å². The van der Waals surface area contributed by atoms with Gasteiger partial charge in [-0.25, -0.2) is 9.97 Å². The molecule has 3 nitrogen and oxygen atoms in total. The van der Waals surface area contributed by atoms with Gasteiger partial charge in [0.25, 0.3) is 0 Å². The van der Waals surface area contributed by atoms with Crippen molar-refractivity contribution in [1.29, 1.82) is 0 Å². The molecule has 58 valence electrons. The molecule has 2 heterocycles. The second kappa shape index (κ2) is 2.96. The molecule has 1 aliphatic heterocycles. The van der Waals surface area contributed by atoms with Gasteiger partial charge in [-0.1, -0.05) is 0 Å². The van der Waals surface area contributed by atoms with Gasteiger partial charge in [0.2, 0.25) is 0 Å². The summed E-state index contributed by atoms with van der Waals surface area (Å²) in [4.78, 5) is 8.27. The molecule has 2 rings (SSSR count). The van der Waals surface area contributed by atoms with Crippen LogP contribution in [0.15, 0.2) is 18.5 Å². The van der Waals surface area contributed by atoms with Crippen LogP contribution in [0, 0.1) is 5.92 Å². The van der Waals surface area contributed by atoms with Crippen LogP contribution in [0.3, 0.4) is 0 Å². The van der Waals surface area contributed by atoms with E-state index >= 15 is 0 Å². The minimum absolute atomic E-state index is 0.650. The van der Waals surface area contributed by atoms with E-state index in [9.17, 15) is 0 Å². The first-order chi connectivity index (χ1) is 5.45. The third-order valence-electron chi connectivity index (χ3n) is 1.80. The van der Waals surface area contributed by atoms with Crippen LogP contribution in [0.2, 0.25) is 0 Å². The second-order valence-corrected chi connectivity index (χ2v) is 2.77. The molecule has 0 unspecified atom stereocenters. The van der Waals surface area contributed by atoms with E-state index in [0.29, 0.717) is 5.92 Å². The Kier molecular flexibility index (Phi) is 1.81. The Morgan fingerprint density at radius 1 is 1.36 bits per heavy atom. The third kappa shape index (κ3) is 1.54.